The first-order valence-corrected chi connectivity index (χ1v) is 10.9. The molecule has 6 nitrogen and oxygen atoms in total. The van der Waals surface area contributed by atoms with Crippen LogP contribution in [0, 0.1) is 0 Å². The predicted octanol–water partition coefficient (Wildman–Crippen LogP) is 4.68. The van der Waals surface area contributed by atoms with Crippen molar-refractivity contribution in [1.29, 1.82) is 0 Å². The molecule has 1 atom stereocenters. The van der Waals surface area contributed by atoms with E-state index in [1.807, 2.05) is 60.8 Å². The van der Waals surface area contributed by atoms with Gasteiger partial charge < -0.3 is 9.64 Å². The molecule has 4 rings (SSSR count). The molecular formula is C24H23N3O3S. The van der Waals surface area contributed by atoms with E-state index in [0.717, 1.165) is 0 Å². The lowest BCUT2D eigenvalue weighted by Crippen LogP contribution is -2.35. The SMILES string of the molecule is CCC(c1nc2ccccc2c(=O)n1-c1ccccc1OC)N(C)C(=O)c1cccs1. The standard InChI is InChI=1S/C24H23N3O3S/c1-4-18(26(2)24(29)21-14-9-15-31-21)22-25-17-11-6-5-10-16(17)23(28)27(22)19-12-7-8-13-20(19)30-3/h5-15,18H,4H2,1-3H3. The summed E-state index contributed by atoms with van der Waals surface area (Å²) in [7, 11) is 3.33. The first-order chi connectivity index (χ1) is 15.1. The van der Waals surface area contributed by atoms with E-state index in [-0.39, 0.29) is 11.5 Å². The van der Waals surface area contributed by atoms with Crippen LogP contribution in [0.4, 0.5) is 0 Å². The van der Waals surface area contributed by atoms with Gasteiger partial charge in [0.25, 0.3) is 11.5 Å². The van der Waals surface area contributed by atoms with E-state index in [2.05, 4.69) is 0 Å². The van der Waals surface area contributed by atoms with Gasteiger partial charge in [-0.25, -0.2) is 4.98 Å². The minimum absolute atomic E-state index is 0.101. The molecule has 1 amide bonds. The molecule has 0 bridgehead atoms. The summed E-state index contributed by atoms with van der Waals surface area (Å²) < 4.78 is 7.11. The van der Waals surface area contributed by atoms with Crippen molar-refractivity contribution in [2.75, 3.05) is 14.2 Å². The van der Waals surface area contributed by atoms with Crippen LogP contribution >= 0.6 is 11.3 Å². The van der Waals surface area contributed by atoms with Crippen molar-refractivity contribution in [1.82, 2.24) is 14.5 Å². The Morgan fingerprint density at radius 3 is 2.58 bits per heavy atom. The molecule has 2 aromatic heterocycles. The summed E-state index contributed by atoms with van der Waals surface area (Å²) >= 11 is 1.39. The summed E-state index contributed by atoms with van der Waals surface area (Å²) in [6.07, 6.45) is 0.591. The monoisotopic (exact) mass is 433 g/mol. The van der Waals surface area contributed by atoms with Crippen LogP contribution in [0.1, 0.15) is 34.9 Å². The number of hydrogen-bond donors (Lipinski definition) is 0. The number of hydrogen-bond acceptors (Lipinski definition) is 5. The van der Waals surface area contributed by atoms with Crippen LogP contribution in [-0.4, -0.2) is 34.5 Å². The molecular weight excluding hydrogens is 410 g/mol. The van der Waals surface area contributed by atoms with Gasteiger partial charge in [0.2, 0.25) is 0 Å². The average Bonchev–Trinajstić information content (AvgIpc) is 3.34. The Morgan fingerprint density at radius 2 is 1.87 bits per heavy atom. The number of methoxy groups -OCH3 is 1. The van der Waals surface area contributed by atoms with Crippen molar-refractivity contribution in [2.45, 2.75) is 19.4 Å². The van der Waals surface area contributed by atoms with E-state index in [9.17, 15) is 9.59 Å². The molecule has 0 N–H and O–H groups in total. The Balaban J connectivity index is 1.97. The summed E-state index contributed by atoms with van der Waals surface area (Å²) in [4.78, 5) is 33.9. The Hall–Kier alpha value is -3.45. The van der Waals surface area contributed by atoms with Gasteiger partial charge in [-0.1, -0.05) is 37.3 Å². The molecule has 7 heteroatoms. The van der Waals surface area contributed by atoms with Crippen LogP contribution in [0.5, 0.6) is 5.75 Å². The summed E-state index contributed by atoms with van der Waals surface area (Å²) in [5, 5.41) is 2.39. The molecule has 0 aliphatic heterocycles. The number of rotatable bonds is 6. The van der Waals surface area contributed by atoms with Gasteiger partial charge in [-0.05, 0) is 42.1 Å². The number of nitrogens with zero attached hydrogens (tertiary/aromatic N) is 3. The lowest BCUT2D eigenvalue weighted by atomic mass is 10.1. The molecule has 1 unspecified atom stereocenters. The summed E-state index contributed by atoms with van der Waals surface area (Å²) in [5.41, 5.74) is 1.00. The van der Waals surface area contributed by atoms with E-state index in [1.165, 1.54) is 11.3 Å². The van der Waals surface area contributed by atoms with Crippen molar-refractivity contribution in [3.05, 3.63) is 87.1 Å². The second kappa shape index (κ2) is 8.73. The maximum absolute atomic E-state index is 13.6. The largest absolute Gasteiger partial charge is 0.495 e. The van der Waals surface area contributed by atoms with Crippen LogP contribution < -0.4 is 10.3 Å². The minimum atomic E-state index is -0.406. The van der Waals surface area contributed by atoms with E-state index in [0.29, 0.717) is 39.5 Å². The highest BCUT2D eigenvalue weighted by Gasteiger charge is 2.28. The normalized spacial score (nSPS) is 12.0. The number of carbonyl (C=O) groups excluding carboxylic acids is 1. The second-order valence-corrected chi connectivity index (χ2v) is 8.06. The van der Waals surface area contributed by atoms with Gasteiger partial charge in [0.1, 0.15) is 11.6 Å². The lowest BCUT2D eigenvalue weighted by Gasteiger charge is -2.29. The summed E-state index contributed by atoms with van der Waals surface area (Å²) in [6, 6.07) is 17.9. The highest BCUT2D eigenvalue weighted by Crippen LogP contribution is 2.29. The second-order valence-electron chi connectivity index (χ2n) is 7.12. The molecule has 0 saturated carbocycles. The Bertz CT molecular complexity index is 1280. The van der Waals surface area contributed by atoms with Gasteiger partial charge in [0.15, 0.2) is 0 Å². The topological polar surface area (TPSA) is 64.4 Å². The predicted molar refractivity (Wildman–Crippen MR) is 123 cm³/mol. The van der Waals surface area contributed by atoms with E-state index >= 15 is 0 Å². The van der Waals surface area contributed by atoms with Crippen LogP contribution in [0.2, 0.25) is 0 Å². The van der Waals surface area contributed by atoms with E-state index in [1.54, 1.807) is 35.8 Å². The number of aromatic nitrogens is 2. The fourth-order valence-electron chi connectivity index (χ4n) is 3.77. The van der Waals surface area contributed by atoms with Crippen molar-refractivity contribution in [2.24, 2.45) is 0 Å². The maximum Gasteiger partial charge on any atom is 0.266 e. The zero-order valence-corrected chi connectivity index (χ0v) is 18.4. The van der Waals surface area contributed by atoms with Gasteiger partial charge >= 0.3 is 0 Å². The Labute approximate surface area is 184 Å². The fourth-order valence-corrected chi connectivity index (χ4v) is 4.47. The maximum atomic E-state index is 13.6. The average molecular weight is 434 g/mol. The van der Waals surface area contributed by atoms with Gasteiger partial charge in [0, 0.05) is 7.05 Å². The van der Waals surface area contributed by atoms with Crippen LogP contribution in [0.15, 0.2) is 70.8 Å². The zero-order chi connectivity index (χ0) is 22.0. The number of carbonyl (C=O) groups is 1. The quantitative estimate of drug-likeness (QED) is 0.443. The molecule has 2 aromatic carbocycles. The van der Waals surface area contributed by atoms with Gasteiger partial charge in [-0.2, -0.15) is 0 Å². The first kappa shape index (κ1) is 20.8. The third-order valence-electron chi connectivity index (χ3n) is 5.33. The van der Waals surface area contributed by atoms with Crippen LogP contribution in [-0.2, 0) is 0 Å². The van der Waals surface area contributed by atoms with Crippen molar-refractivity contribution in [3.8, 4) is 11.4 Å². The van der Waals surface area contributed by atoms with Crippen LogP contribution in [0.25, 0.3) is 16.6 Å². The number of fused-ring (bicyclic) bond motifs is 1. The minimum Gasteiger partial charge on any atom is -0.495 e. The molecule has 0 aliphatic carbocycles. The van der Waals surface area contributed by atoms with Gasteiger partial charge in [-0.3, -0.25) is 14.2 Å². The smallest absolute Gasteiger partial charge is 0.266 e. The fraction of sp³-hybridized carbons (Fsp3) is 0.208. The first-order valence-electron chi connectivity index (χ1n) is 10.0. The number of ether oxygens (including phenoxy) is 1. The third kappa shape index (κ3) is 3.72. The van der Waals surface area contributed by atoms with Crippen molar-refractivity contribution in [3.63, 3.8) is 0 Å². The Kier molecular flexibility index (Phi) is 5.86. The number of amides is 1. The summed E-state index contributed by atoms with van der Waals surface area (Å²) in [6.45, 7) is 1.98. The molecule has 0 aliphatic rings. The molecule has 0 radical (unpaired) electrons. The number of para-hydroxylation sites is 3. The summed E-state index contributed by atoms with van der Waals surface area (Å²) in [5.74, 6) is 0.962. The lowest BCUT2D eigenvalue weighted by molar-refractivity contribution is 0.0722. The van der Waals surface area contributed by atoms with E-state index < -0.39 is 6.04 Å². The molecule has 4 aromatic rings. The highest BCUT2D eigenvalue weighted by molar-refractivity contribution is 7.12. The van der Waals surface area contributed by atoms with Gasteiger partial charge in [0.05, 0.1) is 34.6 Å². The molecule has 158 valence electrons. The number of benzene rings is 2. The molecule has 31 heavy (non-hydrogen) atoms. The van der Waals surface area contributed by atoms with E-state index in [4.69, 9.17) is 9.72 Å². The van der Waals surface area contributed by atoms with Gasteiger partial charge in [-0.15, -0.1) is 11.3 Å². The molecule has 0 saturated heterocycles. The molecule has 0 spiro atoms. The zero-order valence-electron chi connectivity index (χ0n) is 17.6. The molecule has 0 fully saturated rings. The van der Waals surface area contributed by atoms with Crippen LogP contribution in [0.3, 0.4) is 0 Å². The van der Waals surface area contributed by atoms with Crippen molar-refractivity contribution >= 4 is 28.1 Å². The third-order valence-corrected chi connectivity index (χ3v) is 6.19. The number of thiophene rings is 1. The Morgan fingerprint density at radius 1 is 1.13 bits per heavy atom. The highest BCUT2D eigenvalue weighted by atomic mass is 32.1. The van der Waals surface area contributed by atoms with Crippen molar-refractivity contribution < 1.29 is 9.53 Å². The molecule has 2 heterocycles.